The molecule has 3 aromatic rings. The van der Waals surface area contributed by atoms with Crippen LogP contribution in [-0.4, -0.2) is 53.8 Å². The molecule has 0 radical (unpaired) electrons. The van der Waals surface area contributed by atoms with Gasteiger partial charge in [0, 0.05) is 38.6 Å². The highest BCUT2D eigenvalue weighted by atomic mass is 16.5. The van der Waals surface area contributed by atoms with Gasteiger partial charge in [-0.1, -0.05) is 19.9 Å². The molecule has 7 nitrogen and oxygen atoms in total. The SMILES string of the molecule is CC.COc1cccc(Oc2ncc(C(=O)N3CCOCC3)c3c2ccn3C)c1. The Labute approximate surface area is 170 Å². The monoisotopic (exact) mass is 397 g/mol. The lowest BCUT2D eigenvalue weighted by Gasteiger charge is -2.27. The second-order valence-electron chi connectivity index (χ2n) is 6.35. The lowest BCUT2D eigenvalue weighted by Crippen LogP contribution is -2.40. The second kappa shape index (κ2) is 9.43. The zero-order chi connectivity index (χ0) is 20.8. The summed E-state index contributed by atoms with van der Waals surface area (Å²) in [6.07, 6.45) is 3.50. The number of carbonyl (C=O) groups excluding carboxylic acids is 1. The Bertz CT molecular complexity index is 977. The molecule has 0 bridgehead atoms. The summed E-state index contributed by atoms with van der Waals surface area (Å²) in [7, 11) is 3.52. The molecular formula is C22H27N3O4. The Balaban J connectivity index is 0.00000117. The minimum absolute atomic E-state index is 0.0365. The summed E-state index contributed by atoms with van der Waals surface area (Å²) in [6.45, 7) is 6.30. The summed E-state index contributed by atoms with van der Waals surface area (Å²) in [4.78, 5) is 19.2. The van der Waals surface area contributed by atoms with Crippen molar-refractivity contribution in [1.29, 1.82) is 0 Å². The first kappa shape index (κ1) is 20.7. The molecular weight excluding hydrogens is 370 g/mol. The van der Waals surface area contributed by atoms with Gasteiger partial charge in [0.15, 0.2) is 0 Å². The van der Waals surface area contributed by atoms with Crippen LogP contribution in [0.4, 0.5) is 0 Å². The van der Waals surface area contributed by atoms with Gasteiger partial charge in [-0.3, -0.25) is 4.79 Å². The number of morpholine rings is 1. The Morgan fingerprint density at radius 2 is 1.86 bits per heavy atom. The Morgan fingerprint density at radius 3 is 2.59 bits per heavy atom. The molecule has 29 heavy (non-hydrogen) atoms. The molecule has 0 unspecified atom stereocenters. The third-order valence-electron chi connectivity index (χ3n) is 4.65. The second-order valence-corrected chi connectivity index (χ2v) is 6.35. The number of amides is 1. The van der Waals surface area contributed by atoms with Gasteiger partial charge in [0.1, 0.15) is 11.5 Å². The van der Waals surface area contributed by atoms with E-state index in [0.29, 0.717) is 49.2 Å². The number of ether oxygens (including phenoxy) is 3. The number of aryl methyl sites for hydroxylation is 1. The maximum Gasteiger partial charge on any atom is 0.257 e. The molecule has 1 fully saturated rings. The average Bonchev–Trinajstić information content (AvgIpc) is 3.18. The van der Waals surface area contributed by atoms with E-state index in [1.807, 2.05) is 55.9 Å². The molecule has 1 aliphatic rings. The third-order valence-corrected chi connectivity index (χ3v) is 4.65. The number of fused-ring (bicyclic) bond motifs is 1. The Morgan fingerprint density at radius 1 is 1.14 bits per heavy atom. The van der Waals surface area contributed by atoms with E-state index in [2.05, 4.69) is 4.98 Å². The summed E-state index contributed by atoms with van der Waals surface area (Å²) >= 11 is 0. The molecule has 154 valence electrons. The van der Waals surface area contributed by atoms with Crippen LogP contribution < -0.4 is 9.47 Å². The normalized spacial score (nSPS) is 13.6. The molecule has 7 heteroatoms. The fraction of sp³-hybridized carbons (Fsp3) is 0.364. The summed E-state index contributed by atoms with van der Waals surface area (Å²) in [6, 6.07) is 9.25. The molecule has 0 aliphatic carbocycles. The van der Waals surface area contributed by atoms with Crippen LogP contribution >= 0.6 is 0 Å². The molecule has 0 saturated carbocycles. The molecule has 1 aliphatic heterocycles. The smallest absolute Gasteiger partial charge is 0.257 e. The van der Waals surface area contributed by atoms with Crippen molar-refractivity contribution in [2.75, 3.05) is 33.4 Å². The Kier molecular flexibility index (Phi) is 6.72. The van der Waals surface area contributed by atoms with Crippen LogP contribution in [-0.2, 0) is 11.8 Å². The van der Waals surface area contributed by atoms with Crippen molar-refractivity contribution in [2.24, 2.45) is 7.05 Å². The van der Waals surface area contributed by atoms with Crippen LogP contribution in [0.2, 0.25) is 0 Å². The van der Waals surface area contributed by atoms with Crippen molar-refractivity contribution in [3.05, 3.63) is 48.3 Å². The fourth-order valence-electron chi connectivity index (χ4n) is 3.24. The van der Waals surface area contributed by atoms with Crippen molar-refractivity contribution >= 4 is 16.8 Å². The van der Waals surface area contributed by atoms with Crippen LogP contribution in [0.15, 0.2) is 42.7 Å². The van der Waals surface area contributed by atoms with Crippen LogP contribution in [0.3, 0.4) is 0 Å². The standard InChI is InChI=1S/C20H21N3O4.C2H6/c1-22-7-6-16-18(22)17(20(24)23-8-10-26-11-9-23)13-21-19(16)27-15-5-3-4-14(12-15)25-2;1-2/h3-7,12-13H,8-11H2,1-2H3;1-2H3. The number of hydrogen-bond donors (Lipinski definition) is 0. The highest BCUT2D eigenvalue weighted by molar-refractivity contribution is 6.06. The van der Waals surface area contributed by atoms with Crippen LogP contribution in [0.5, 0.6) is 17.4 Å². The van der Waals surface area contributed by atoms with E-state index in [1.54, 1.807) is 24.3 Å². The lowest BCUT2D eigenvalue weighted by molar-refractivity contribution is 0.0303. The van der Waals surface area contributed by atoms with E-state index >= 15 is 0 Å². The first-order valence-electron chi connectivity index (χ1n) is 9.80. The third kappa shape index (κ3) is 4.35. The Hall–Kier alpha value is -3.06. The molecule has 3 heterocycles. The van der Waals surface area contributed by atoms with Gasteiger partial charge in [-0.15, -0.1) is 0 Å². The number of pyridine rings is 1. The van der Waals surface area contributed by atoms with E-state index in [4.69, 9.17) is 14.2 Å². The van der Waals surface area contributed by atoms with E-state index < -0.39 is 0 Å². The van der Waals surface area contributed by atoms with Crippen molar-refractivity contribution in [3.63, 3.8) is 0 Å². The number of aromatic nitrogens is 2. The summed E-state index contributed by atoms with van der Waals surface area (Å²) in [5.74, 6) is 1.75. The lowest BCUT2D eigenvalue weighted by atomic mass is 10.1. The van der Waals surface area contributed by atoms with Crippen molar-refractivity contribution in [3.8, 4) is 17.4 Å². The van der Waals surface area contributed by atoms with E-state index in [-0.39, 0.29) is 5.91 Å². The molecule has 4 rings (SSSR count). The fourth-order valence-corrected chi connectivity index (χ4v) is 3.24. The number of carbonyl (C=O) groups is 1. The molecule has 2 aromatic heterocycles. The molecule has 0 N–H and O–H groups in total. The number of nitrogens with zero attached hydrogens (tertiary/aromatic N) is 3. The molecule has 1 amide bonds. The molecule has 1 aromatic carbocycles. The van der Waals surface area contributed by atoms with E-state index in [9.17, 15) is 4.79 Å². The quantitative estimate of drug-likeness (QED) is 0.669. The largest absolute Gasteiger partial charge is 0.497 e. The van der Waals surface area contributed by atoms with Gasteiger partial charge in [0.25, 0.3) is 5.91 Å². The van der Waals surface area contributed by atoms with Crippen molar-refractivity contribution < 1.29 is 19.0 Å². The topological polar surface area (TPSA) is 65.8 Å². The maximum atomic E-state index is 13.0. The van der Waals surface area contributed by atoms with E-state index in [0.717, 1.165) is 10.9 Å². The predicted molar refractivity (Wildman–Crippen MR) is 112 cm³/mol. The number of rotatable bonds is 4. The van der Waals surface area contributed by atoms with Crippen molar-refractivity contribution in [1.82, 2.24) is 14.5 Å². The molecule has 1 saturated heterocycles. The van der Waals surface area contributed by atoms with Gasteiger partial charge in [-0.25, -0.2) is 4.98 Å². The predicted octanol–water partition coefficient (Wildman–Crippen LogP) is 3.87. The zero-order valence-corrected chi connectivity index (χ0v) is 17.3. The van der Waals surface area contributed by atoms with Crippen molar-refractivity contribution in [2.45, 2.75) is 13.8 Å². The molecule has 0 spiro atoms. The summed E-state index contributed by atoms with van der Waals surface area (Å²) < 4.78 is 18.5. The molecule has 0 atom stereocenters. The van der Waals surface area contributed by atoms with E-state index in [1.165, 1.54) is 0 Å². The van der Waals surface area contributed by atoms with Gasteiger partial charge < -0.3 is 23.7 Å². The van der Waals surface area contributed by atoms with Gasteiger partial charge in [-0.2, -0.15) is 0 Å². The number of methoxy groups -OCH3 is 1. The minimum atomic E-state index is -0.0365. The van der Waals surface area contributed by atoms with Gasteiger partial charge in [0.2, 0.25) is 5.88 Å². The van der Waals surface area contributed by atoms with Gasteiger partial charge in [0.05, 0.1) is 36.8 Å². The highest BCUT2D eigenvalue weighted by Crippen LogP contribution is 2.32. The number of benzene rings is 1. The summed E-state index contributed by atoms with van der Waals surface area (Å²) in [5.41, 5.74) is 1.37. The average molecular weight is 397 g/mol. The first-order chi connectivity index (χ1) is 14.2. The van der Waals surface area contributed by atoms with Gasteiger partial charge >= 0.3 is 0 Å². The maximum absolute atomic E-state index is 13.0. The van der Waals surface area contributed by atoms with Gasteiger partial charge in [-0.05, 0) is 18.2 Å². The van der Waals surface area contributed by atoms with Crippen LogP contribution in [0.1, 0.15) is 24.2 Å². The van der Waals surface area contributed by atoms with Crippen LogP contribution in [0, 0.1) is 0 Å². The van der Waals surface area contributed by atoms with Crippen LogP contribution in [0.25, 0.3) is 10.9 Å². The number of hydrogen-bond acceptors (Lipinski definition) is 5. The zero-order valence-electron chi connectivity index (χ0n) is 17.3. The summed E-state index contributed by atoms with van der Waals surface area (Å²) in [5, 5.41) is 0.791. The first-order valence-corrected chi connectivity index (χ1v) is 9.80. The highest BCUT2D eigenvalue weighted by Gasteiger charge is 2.23. The minimum Gasteiger partial charge on any atom is -0.497 e.